The molecule has 8 heteroatoms. The molecule has 112 valence electrons. The van der Waals surface area contributed by atoms with Gasteiger partial charge < -0.3 is 10.4 Å². The predicted octanol–water partition coefficient (Wildman–Crippen LogP) is 3.32. The SMILES string of the molecule is Oc1c(Cl)ccc(Br)c1[C@@H](N1CCNCC1)C(F)(F)F. The van der Waals surface area contributed by atoms with Crippen molar-refractivity contribution in [1.29, 1.82) is 0 Å². The van der Waals surface area contributed by atoms with Gasteiger partial charge in [-0.05, 0) is 12.1 Å². The van der Waals surface area contributed by atoms with Crippen LogP contribution in [0.2, 0.25) is 5.02 Å². The van der Waals surface area contributed by atoms with Crippen LogP contribution in [0.5, 0.6) is 5.75 Å². The van der Waals surface area contributed by atoms with E-state index < -0.39 is 18.0 Å². The number of phenols is 1. The maximum Gasteiger partial charge on any atom is 0.408 e. The molecule has 0 aromatic heterocycles. The third kappa shape index (κ3) is 3.21. The molecule has 0 amide bonds. The normalized spacial score (nSPS) is 19.1. The second-order valence-electron chi connectivity index (χ2n) is 4.52. The Bertz CT molecular complexity index is 492. The van der Waals surface area contributed by atoms with Gasteiger partial charge in [-0.25, -0.2) is 0 Å². The largest absolute Gasteiger partial charge is 0.506 e. The van der Waals surface area contributed by atoms with Crippen LogP contribution < -0.4 is 5.32 Å². The first-order chi connectivity index (χ1) is 9.32. The lowest BCUT2D eigenvalue weighted by molar-refractivity contribution is -0.188. The molecule has 0 bridgehead atoms. The minimum Gasteiger partial charge on any atom is -0.506 e. The Kier molecular flexibility index (Phi) is 4.84. The standard InChI is InChI=1S/C12H13BrClF3N2O/c13-7-1-2-8(14)10(20)9(7)11(12(15,16)17)19-5-3-18-4-6-19/h1-2,11,18,20H,3-6H2/t11-/m1/s1. The zero-order chi connectivity index (χ0) is 14.9. The van der Waals surface area contributed by atoms with Gasteiger partial charge in [0.2, 0.25) is 0 Å². The van der Waals surface area contributed by atoms with Crippen molar-refractivity contribution in [3.8, 4) is 5.75 Å². The summed E-state index contributed by atoms with van der Waals surface area (Å²) in [6.07, 6.45) is -4.50. The van der Waals surface area contributed by atoms with Crippen LogP contribution in [0.25, 0.3) is 0 Å². The molecule has 1 atom stereocenters. The maximum absolute atomic E-state index is 13.4. The summed E-state index contributed by atoms with van der Waals surface area (Å²) in [5.41, 5.74) is -0.230. The van der Waals surface area contributed by atoms with E-state index in [1.807, 2.05) is 0 Å². The first kappa shape index (κ1) is 15.9. The van der Waals surface area contributed by atoms with E-state index in [9.17, 15) is 18.3 Å². The first-order valence-corrected chi connectivity index (χ1v) is 7.18. The molecule has 2 rings (SSSR count). The smallest absolute Gasteiger partial charge is 0.408 e. The summed E-state index contributed by atoms with van der Waals surface area (Å²) in [6, 6.07) is 0.895. The summed E-state index contributed by atoms with van der Waals surface area (Å²) >= 11 is 8.83. The van der Waals surface area contributed by atoms with E-state index in [4.69, 9.17) is 11.6 Å². The Labute approximate surface area is 127 Å². The monoisotopic (exact) mass is 372 g/mol. The summed E-state index contributed by atoms with van der Waals surface area (Å²) in [5.74, 6) is -0.526. The molecule has 1 aromatic carbocycles. The lowest BCUT2D eigenvalue weighted by atomic mass is 10.0. The molecule has 3 nitrogen and oxygen atoms in total. The van der Waals surface area contributed by atoms with Gasteiger partial charge >= 0.3 is 6.18 Å². The summed E-state index contributed by atoms with van der Waals surface area (Å²) in [7, 11) is 0. The van der Waals surface area contributed by atoms with Gasteiger partial charge in [0.1, 0.15) is 11.8 Å². The van der Waals surface area contributed by atoms with E-state index in [1.54, 1.807) is 0 Å². The summed E-state index contributed by atoms with van der Waals surface area (Å²) < 4.78 is 40.5. The number of benzene rings is 1. The lowest BCUT2D eigenvalue weighted by Gasteiger charge is -2.36. The Morgan fingerprint density at radius 1 is 1.30 bits per heavy atom. The van der Waals surface area contributed by atoms with Gasteiger partial charge in [-0.3, -0.25) is 4.90 Å². The molecule has 0 spiro atoms. The summed E-state index contributed by atoms with van der Waals surface area (Å²) in [6.45, 7) is 1.46. The fourth-order valence-electron chi connectivity index (χ4n) is 2.31. The zero-order valence-electron chi connectivity index (χ0n) is 10.3. The van der Waals surface area contributed by atoms with E-state index >= 15 is 0 Å². The number of nitrogens with one attached hydrogen (secondary N) is 1. The van der Waals surface area contributed by atoms with E-state index in [1.165, 1.54) is 17.0 Å². The van der Waals surface area contributed by atoms with Crippen molar-refractivity contribution in [2.24, 2.45) is 0 Å². The average molecular weight is 374 g/mol. The number of alkyl halides is 3. The molecular formula is C12H13BrClF3N2O. The van der Waals surface area contributed by atoms with Crippen LogP contribution in [0, 0.1) is 0 Å². The molecule has 1 saturated heterocycles. The van der Waals surface area contributed by atoms with Crippen molar-refractivity contribution in [3.05, 3.63) is 27.2 Å². The first-order valence-electron chi connectivity index (χ1n) is 6.00. The average Bonchev–Trinajstić information content (AvgIpc) is 2.39. The van der Waals surface area contributed by atoms with Crippen LogP contribution in [0.1, 0.15) is 11.6 Å². The Morgan fingerprint density at radius 3 is 2.45 bits per heavy atom. The number of phenolic OH excluding ortho intramolecular Hbond substituents is 1. The van der Waals surface area contributed by atoms with Gasteiger partial charge in [0.15, 0.2) is 0 Å². The Balaban J connectivity index is 2.49. The third-order valence-electron chi connectivity index (χ3n) is 3.21. The predicted molar refractivity (Wildman–Crippen MR) is 74.1 cm³/mol. The highest BCUT2D eigenvalue weighted by molar-refractivity contribution is 9.10. The lowest BCUT2D eigenvalue weighted by Crippen LogP contribution is -2.49. The minimum atomic E-state index is -4.50. The Hall–Kier alpha value is -0.500. The topological polar surface area (TPSA) is 35.5 Å². The van der Waals surface area contributed by atoms with Gasteiger partial charge in [0, 0.05) is 36.2 Å². The third-order valence-corrected chi connectivity index (χ3v) is 4.21. The van der Waals surface area contributed by atoms with Gasteiger partial charge in [-0.2, -0.15) is 13.2 Å². The van der Waals surface area contributed by atoms with Crippen LogP contribution in [0.3, 0.4) is 0 Å². The zero-order valence-corrected chi connectivity index (χ0v) is 12.7. The van der Waals surface area contributed by atoms with Crippen molar-refractivity contribution in [3.63, 3.8) is 0 Å². The number of nitrogens with zero attached hydrogens (tertiary/aromatic N) is 1. The molecule has 1 aliphatic rings. The maximum atomic E-state index is 13.4. The highest BCUT2D eigenvalue weighted by atomic mass is 79.9. The molecule has 20 heavy (non-hydrogen) atoms. The van der Waals surface area contributed by atoms with Gasteiger partial charge in [0.25, 0.3) is 0 Å². The molecule has 0 aliphatic carbocycles. The van der Waals surface area contributed by atoms with E-state index in [0.29, 0.717) is 13.1 Å². The van der Waals surface area contributed by atoms with E-state index in [0.717, 1.165) is 0 Å². The highest BCUT2D eigenvalue weighted by Crippen LogP contribution is 2.46. The molecule has 1 heterocycles. The number of rotatable bonds is 2. The second-order valence-corrected chi connectivity index (χ2v) is 5.78. The summed E-state index contributed by atoms with van der Waals surface area (Å²) in [5, 5.41) is 12.9. The molecule has 0 saturated carbocycles. The van der Waals surface area contributed by atoms with Crippen LogP contribution in [0.4, 0.5) is 13.2 Å². The Morgan fingerprint density at radius 2 is 1.90 bits per heavy atom. The molecule has 1 fully saturated rings. The van der Waals surface area contributed by atoms with Crippen molar-refractivity contribution in [2.75, 3.05) is 26.2 Å². The van der Waals surface area contributed by atoms with Crippen molar-refractivity contribution >= 4 is 27.5 Å². The number of aromatic hydroxyl groups is 1. The van der Waals surface area contributed by atoms with Crippen molar-refractivity contribution < 1.29 is 18.3 Å². The number of piperazine rings is 1. The fraction of sp³-hybridized carbons (Fsp3) is 0.500. The van der Waals surface area contributed by atoms with Gasteiger partial charge in [-0.15, -0.1) is 0 Å². The van der Waals surface area contributed by atoms with Gasteiger partial charge in [0.05, 0.1) is 5.02 Å². The number of hydrogen-bond acceptors (Lipinski definition) is 3. The van der Waals surface area contributed by atoms with Crippen LogP contribution >= 0.6 is 27.5 Å². The molecular weight excluding hydrogens is 360 g/mol. The summed E-state index contributed by atoms with van der Waals surface area (Å²) in [4.78, 5) is 1.30. The van der Waals surface area contributed by atoms with Crippen LogP contribution in [-0.4, -0.2) is 42.4 Å². The quantitative estimate of drug-likeness (QED) is 0.835. The van der Waals surface area contributed by atoms with Crippen LogP contribution in [0.15, 0.2) is 16.6 Å². The van der Waals surface area contributed by atoms with Gasteiger partial charge in [-0.1, -0.05) is 27.5 Å². The fourth-order valence-corrected chi connectivity index (χ4v) is 3.01. The van der Waals surface area contributed by atoms with Crippen molar-refractivity contribution in [1.82, 2.24) is 10.2 Å². The molecule has 2 N–H and O–H groups in total. The molecule has 1 aromatic rings. The molecule has 0 radical (unpaired) electrons. The molecule has 0 unspecified atom stereocenters. The van der Waals surface area contributed by atoms with Crippen molar-refractivity contribution in [2.45, 2.75) is 12.2 Å². The minimum absolute atomic E-state index is 0.0902. The van der Waals surface area contributed by atoms with E-state index in [-0.39, 0.29) is 28.1 Å². The molecule has 1 aliphatic heterocycles. The van der Waals surface area contributed by atoms with E-state index in [2.05, 4.69) is 21.2 Å². The second kappa shape index (κ2) is 6.09. The highest BCUT2D eigenvalue weighted by Gasteiger charge is 2.47. The van der Waals surface area contributed by atoms with Crippen LogP contribution in [-0.2, 0) is 0 Å². The number of hydrogen-bond donors (Lipinski definition) is 2. The number of halogens is 5.